The van der Waals surface area contributed by atoms with E-state index in [0.717, 1.165) is 6.54 Å². The molecule has 96 valence electrons. The topological polar surface area (TPSA) is 49.5 Å². The van der Waals surface area contributed by atoms with Crippen LogP contribution in [0.25, 0.3) is 0 Å². The minimum absolute atomic E-state index is 0.209. The molecular formula is C13H21FN2O. The Hall–Kier alpha value is -0.970. The number of rotatable bonds is 6. The number of nitrogens with two attached hydrogens (primary N) is 1. The highest BCUT2D eigenvalue weighted by molar-refractivity contribution is 5.25. The minimum Gasteiger partial charge on any atom is -0.393 e. The second-order valence-electron chi connectivity index (χ2n) is 4.47. The summed E-state index contributed by atoms with van der Waals surface area (Å²) in [5.74, 6) is -0.209. The van der Waals surface area contributed by atoms with Crippen molar-refractivity contribution in [1.82, 2.24) is 4.90 Å². The average Bonchev–Trinajstić information content (AvgIpc) is 2.29. The van der Waals surface area contributed by atoms with E-state index in [-0.39, 0.29) is 18.5 Å². The van der Waals surface area contributed by atoms with Crippen LogP contribution in [0.5, 0.6) is 0 Å². The summed E-state index contributed by atoms with van der Waals surface area (Å²) in [6, 6.07) is 5.30. The van der Waals surface area contributed by atoms with Crippen molar-refractivity contribution in [2.45, 2.75) is 32.5 Å². The summed E-state index contributed by atoms with van der Waals surface area (Å²) in [7, 11) is 1.91. The lowest BCUT2D eigenvalue weighted by Crippen LogP contribution is -2.23. The molecule has 0 aliphatic rings. The lowest BCUT2D eigenvalue weighted by atomic mass is 10.1. The van der Waals surface area contributed by atoms with Crippen molar-refractivity contribution in [1.29, 1.82) is 0 Å². The lowest BCUT2D eigenvalue weighted by molar-refractivity contribution is 0.162. The standard InChI is InChI=1S/C13H21FN2O/c1-10(17)6-7-16(2)9-12-5-3-4-11(8-15)13(12)14/h3-5,10,17H,6-9,15H2,1-2H3. The van der Waals surface area contributed by atoms with Gasteiger partial charge in [-0.2, -0.15) is 0 Å². The highest BCUT2D eigenvalue weighted by Gasteiger charge is 2.09. The van der Waals surface area contributed by atoms with Crippen LogP contribution in [0.1, 0.15) is 24.5 Å². The van der Waals surface area contributed by atoms with Crippen LogP contribution in [-0.2, 0) is 13.1 Å². The molecule has 1 atom stereocenters. The highest BCUT2D eigenvalue weighted by atomic mass is 19.1. The van der Waals surface area contributed by atoms with E-state index in [4.69, 9.17) is 5.73 Å². The maximum atomic E-state index is 13.9. The second-order valence-corrected chi connectivity index (χ2v) is 4.47. The molecule has 3 nitrogen and oxygen atoms in total. The van der Waals surface area contributed by atoms with Crippen molar-refractivity contribution in [2.75, 3.05) is 13.6 Å². The zero-order valence-corrected chi connectivity index (χ0v) is 10.5. The number of aliphatic hydroxyl groups is 1. The van der Waals surface area contributed by atoms with Crippen LogP contribution in [0.3, 0.4) is 0 Å². The van der Waals surface area contributed by atoms with Gasteiger partial charge in [0.2, 0.25) is 0 Å². The van der Waals surface area contributed by atoms with E-state index in [0.29, 0.717) is 24.1 Å². The molecule has 0 aliphatic carbocycles. The predicted octanol–water partition coefficient (Wildman–Crippen LogP) is 1.49. The largest absolute Gasteiger partial charge is 0.393 e. The van der Waals surface area contributed by atoms with Gasteiger partial charge in [-0.05, 0) is 20.4 Å². The molecule has 4 heteroatoms. The van der Waals surface area contributed by atoms with Crippen molar-refractivity contribution in [3.8, 4) is 0 Å². The Morgan fingerprint density at radius 2 is 2.06 bits per heavy atom. The molecule has 1 aromatic rings. The molecule has 0 spiro atoms. The molecule has 0 saturated carbocycles. The molecular weight excluding hydrogens is 219 g/mol. The fourth-order valence-corrected chi connectivity index (χ4v) is 1.69. The van der Waals surface area contributed by atoms with Crippen LogP contribution >= 0.6 is 0 Å². The van der Waals surface area contributed by atoms with Gasteiger partial charge in [-0.3, -0.25) is 0 Å². The molecule has 0 aliphatic heterocycles. The van der Waals surface area contributed by atoms with E-state index in [1.807, 2.05) is 18.0 Å². The highest BCUT2D eigenvalue weighted by Crippen LogP contribution is 2.14. The maximum Gasteiger partial charge on any atom is 0.132 e. The fraction of sp³-hybridized carbons (Fsp3) is 0.538. The Balaban J connectivity index is 2.62. The third-order valence-electron chi connectivity index (χ3n) is 2.75. The number of halogens is 1. The fourth-order valence-electron chi connectivity index (χ4n) is 1.69. The van der Waals surface area contributed by atoms with E-state index in [1.165, 1.54) is 0 Å². The Bertz CT molecular complexity index is 355. The Labute approximate surface area is 102 Å². The van der Waals surface area contributed by atoms with Gasteiger partial charge >= 0.3 is 0 Å². The van der Waals surface area contributed by atoms with E-state index >= 15 is 0 Å². The van der Waals surface area contributed by atoms with Gasteiger partial charge < -0.3 is 15.7 Å². The van der Waals surface area contributed by atoms with Crippen LogP contribution in [0, 0.1) is 5.82 Å². The molecule has 1 aromatic carbocycles. The molecule has 1 unspecified atom stereocenters. The molecule has 0 radical (unpaired) electrons. The van der Waals surface area contributed by atoms with Gasteiger partial charge in [0.1, 0.15) is 5.82 Å². The van der Waals surface area contributed by atoms with E-state index < -0.39 is 0 Å². The monoisotopic (exact) mass is 240 g/mol. The lowest BCUT2D eigenvalue weighted by Gasteiger charge is -2.18. The summed E-state index contributed by atoms with van der Waals surface area (Å²) in [5.41, 5.74) is 6.66. The molecule has 0 bridgehead atoms. The molecule has 0 amide bonds. The normalized spacial score (nSPS) is 13.1. The van der Waals surface area contributed by atoms with Crippen molar-refractivity contribution in [3.05, 3.63) is 35.1 Å². The third kappa shape index (κ3) is 4.42. The van der Waals surface area contributed by atoms with Gasteiger partial charge in [0, 0.05) is 30.8 Å². The molecule has 1 rings (SSSR count). The second kappa shape index (κ2) is 6.69. The van der Waals surface area contributed by atoms with Gasteiger partial charge in [0.05, 0.1) is 6.10 Å². The first-order chi connectivity index (χ1) is 8.04. The summed E-state index contributed by atoms with van der Waals surface area (Å²) >= 11 is 0. The van der Waals surface area contributed by atoms with E-state index in [9.17, 15) is 9.50 Å². The van der Waals surface area contributed by atoms with E-state index in [2.05, 4.69) is 0 Å². The number of nitrogens with zero attached hydrogens (tertiary/aromatic N) is 1. The number of hydrogen-bond donors (Lipinski definition) is 2. The number of hydrogen-bond acceptors (Lipinski definition) is 3. The first-order valence-electron chi connectivity index (χ1n) is 5.87. The summed E-state index contributed by atoms with van der Waals surface area (Å²) in [5, 5.41) is 9.19. The predicted molar refractivity (Wildman–Crippen MR) is 66.9 cm³/mol. The van der Waals surface area contributed by atoms with E-state index in [1.54, 1.807) is 19.1 Å². The van der Waals surface area contributed by atoms with Crippen LogP contribution < -0.4 is 5.73 Å². The number of benzene rings is 1. The molecule has 0 saturated heterocycles. The third-order valence-corrected chi connectivity index (χ3v) is 2.75. The summed E-state index contributed by atoms with van der Waals surface area (Å²) in [6.07, 6.45) is 0.368. The average molecular weight is 240 g/mol. The van der Waals surface area contributed by atoms with Crippen molar-refractivity contribution >= 4 is 0 Å². The summed E-state index contributed by atoms with van der Waals surface area (Å²) in [6.45, 7) is 3.25. The summed E-state index contributed by atoms with van der Waals surface area (Å²) in [4.78, 5) is 1.99. The van der Waals surface area contributed by atoms with Crippen molar-refractivity contribution in [2.24, 2.45) is 5.73 Å². The van der Waals surface area contributed by atoms with Crippen LogP contribution in [0.15, 0.2) is 18.2 Å². The minimum atomic E-state index is -0.322. The Morgan fingerprint density at radius 3 is 2.65 bits per heavy atom. The van der Waals surface area contributed by atoms with Crippen LogP contribution in [-0.4, -0.2) is 29.7 Å². The van der Waals surface area contributed by atoms with Gasteiger partial charge in [-0.25, -0.2) is 4.39 Å². The zero-order chi connectivity index (χ0) is 12.8. The maximum absolute atomic E-state index is 13.9. The van der Waals surface area contributed by atoms with Crippen LogP contribution in [0.2, 0.25) is 0 Å². The van der Waals surface area contributed by atoms with Crippen molar-refractivity contribution < 1.29 is 9.50 Å². The van der Waals surface area contributed by atoms with Gasteiger partial charge in [0.15, 0.2) is 0 Å². The Kier molecular flexibility index (Phi) is 5.55. The first kappa shape index (κ1) is 14.1. The van der Waals surface area contributed by atoms with Crippen LogP contribution in [0.4, 0.5) is 4.39 Å². The molecule has 0 fully saturated rings. The number of aliphatic hydroxyl groups excluding tert-OH is 1. The molecule has 0 heterocycles. The zero-order valence-electron chi connectivity index (χ0n) is 10.5. The molecule has 17 heavy (non-hydrogen) atoms. The smallest absolute Gasteiger partial charge is 0.132 e. The molecule has 3 N–H and O–H groups in total. The Morgan fingerprint density at radius 1 is 1.41 bits per heavy atom. The SMILES string of the molecule is CC(O)CCN(C)Cc1cccc(CN)c1F. The van der Waals surface area contributed by atoms with Crippen molar-refractivity contribution in [3.63, 3.8) is 0 Å². The summed E-state index contributed by atoms with van der Waals surface area (Å²) < 4.78 is 13.9. The quantitative estimate of drug-likeness (QED) is 0.792. The first-order valence-corrected chi connectivity index (χ1v) is 5.87. The van der Waals surface area contributed by atoms with Gasteiger partial charge in [-0.15, -0.1) is 0 Å². The van der Waals surface area contributed by atoms with Gasteiger partial charge in [-0.1, -0.05) is 18.2 Å². The van der Waals surface area contributed by atoms with Gasteiger partial charge in [0.25, 0.3) is 0 Å². The molecule has 0 aromatic heterocycles.